The third-order valence-electron chi connectivity index (χ3n) is 1.72. The number of carbonyl (C=O) groups is 1. The van der Waals surface area contributed by atoms with Crippen LogP contribution in [0.4, 0.5) is 10.5 Å². The number of methoxy groups -OCH3 is 1. The second-order valence-electron chi connectivity index (χ2n) is 2.73. The van der Waals surface area contributed by atoms with Crippen LogP contribution in [0.25, 0.3) is 0 Å². The first-order valence-corrected chi connectivity index (χ1v) is 4.48. The van der Waals surface area contributed by atoms with Gasteiger partial charge in [-0.25, -0.2) is 4.79 Å². The highest BCUT2D eigenvalue weighted by Crippen LogP contribution is 2.27. The van der Waals surface area contributed by atoms with Crippen molar-refractivity contribution >= 4 is 11.8 Å². The van der Waals surface area contributed by atoms with Crippen LogP contribution in [0.5, 0.6) is 11.5 Å². The monoisotopic (exact) mass is 211 g/mol. The Labute approximate surface area is 87.6 Å². The van der Waals surface area contributed by atoms with Crippen molar-refractivity contribution < 1.29 is 19.4 Å². The Hall–Kier alpha value is -1.91. The van der Waals surface area contributed by atoms with Gasteiger partial charge in [0.05, 0.1) is 19.4 Å². The molecule has 0 aliphatic carbocycles. The Balaban J connectivity index is 2.79. The van der Waals surface area contributed by atoms with Gasteiger partial charge in [-0.2, -0.15) is 0 Å². The number of hydrogen-bond acceptors (Lipinski definition) is 4. The fourth-order valence-corrected chi connectivity index (χ4v) is 1.02. The predicted molar refractivity (Wildman–Crippen MR) is 55.3 cm³/mol. The Morgan fingerprint density at radius 3 is 2.87 bits per heavy atom. The molecule has 1 amide bonds. The number of phenols is 1. The molecule has 1 aromatic rings. The van der Waals surface area contributed by atoms with Crippen molar-refractivity contribution in [1.82, 2.24) is 0 Å². The van der Waals surface area contributed by atoms with Crippen molar-refractivity contribution in [3.63, 3.8) is 0 Å². The Morgan fingerprint density at radius 1 is 1.53 bits per heavy atom. The number of phenolic OH excluding ortho intramolecular Hbond substituents is 1. The highest BCUT2D eigenvalue weighted by Gasteiger charge is 2.07. The van der Waals surface area contributed by atoms with E-state index in [1.807, 2.05) is 0 Å². The number of rotatable bonds is 3. The molecule has 0 spiro atoms. The molecule has 5 nitrogen and oxygen atoms in total. The van der Waals surface area contributed by atoms with Gasteiger partial charge in [0.25, 0.3) is 0 Å². The maximum absolute atomic E-state index is 11.1. The molecular weight excluding hydrogens is 198 g/mol. The van der Waals surface area contributed by atoms with Crippen molar-refractivity contribution in [2.45, 2.75) is 6.92 Å². The molecule has 15 heavy (non-hydrogen) atoms. The highest BCUT2D eigenvalue weighted by atomic mass is 16.5. The van der Waals surface area contributed by atoms with Gasteiger partial charge >= 0.3 is 6.09 Å². The van der Waals surface area contributed by atoms with Crippen LogP contribution in [0.2, 0.25) is 0 Å². The summed E-state index contributed by atoms with van der Waals surface area (Å²) < 4.78 is 9.62. The molecule has 82 valence electrons. The van der Waals surface area contributed by atoms with Crippen LogP contribution in [0.1, 0.15) is 6.92 Å². The van der Waals surface area contributed by atoms with Crippen LogP contribution in [-0.4, -0.2) is 24.9 Å². The SMILES string of the molecule is CCOC(=O)Nc1cc(OC)ccc1O. The number of anilines is 1. The summed E-state index contributed by atoms with van der Waals surface area (Å²) in [4.78, 5) is 11.1. The Bertz CT molecular complexity index is 351. The van der Waals surface area contributed by atoms with Gasteiger partial charge < -0.3 is 14.6 Å². The largest absolute Gasteiger partial charge is 0.506 e. The molecule has 0 radical (unpaired) electrons. The van der Waals surface area contributed by atoms with Crippen LogP contribution in [0, 0.1) is 0 Å². The molecule has 0 aliphatic heterocycles. The standard InChI is InChI=1S/C10H13NO4/c1-3-15-10(13)11-8-6-7(14-2)4-5-9(8)12/h4-6,12H,3H2,1-2H3,(H,11,13). The number of aromatic hydroxyl groups is 1. The third-order valence-corrected chi connectivity index (χ3v) is 1.72. The molecule has 0 fully saturated rings. The molecule has 0 saturated heterocycles. The lowest BCUT2D eigenvalue weighted by Gasteiger charge is -2.08. The van der Waals surface area contributed by atoms with Gasteiger partial charge in [0.15, 0.2) is 0 Å². The summed E-state index contributed by atoms with van der Waals surface area (Å²) in [7, 11) is 1.50. The van der Waals surface area contributed by atoms with Crippen LogP contribution in [-0.2, 0) is 4.74 Å². The van der Waals surface area contributed by atoms with E-state index >= 15 is 0 Å². The zero-order chi connectivity index (χ0) is 11.3. The van der Waals surface area contributed by atoms with E-state index in [2.05, 4.69) is 10.1 Å². The molecule has 5 heteroatoms. The number of benzene rings is 1. The van der Waals surface area contributed by atoms with Crippen LogP contribution < -0.4 is 10.1 Å². The zero-order valence-corrected chi connectivity index (χ0v) is 8.61. The zero-order valence-electron chi connectivity index (χ0n) is 8.61. The quantitative estimate of drug-likeness (QED) is 0.750. The molecule has 1 aromatic carbocycles. The maximum Gasteiger partial charge on any atom is 0.411 e. The first-order valence-electron chi connectivity index (χ1n) is 4.48. The van der Waals surface area contributed by atoms with Gasteiger partial charge in [0.2, 0.25) is 0 Å². The topological polar surface area (TPSA) is 67.8 Å². The van der Waals surface area contributed by atoms with Crippen molar-refractivity contribution in [3.05, 3.63) is 18.2 Å². The first kappa shape index (κ1) is 11.2. The third kappa shape index (κ3) is 3.05. The highest BCUT2D eigenvalue weighted by molar-refractivity contribution is 5.86. The molecule has 0 atom stereocenters. The normalized spacial score (nSPS) is 9.47. The van der Waals surface area contributed by atoms with Crippen molar-refractivity contribution in [2.24, 2.45) is 0 Å². The molecule has 1 rings (SSSR count). The van der Waals surface area contributed by atoms with Crippen molar-refractivity contribution in [3.8, 4) is 11.5 Å². The molecule has 2 N–H and O–H groups in total. The molecule has 0 unspecified atom stereocenters. The van der Waals surface area contributed by atoms with E-state index in [0.29, 0.717) is 5.75 Å². The lowest BCUT2D eigenvalue weighted by Crippen LogP contribution is -2.13. The number of hydrogen-bond donors (Lipinski definition) is 2. The summed E-state index contributed by atoms with van der Waals surface area (Å²) in [6, 6.07) is 4.53. The van der Waals surface area contributed by atoms with E-state index in [4.69, 9.17) is 4.74 Å². The van der Waals surface area contributed by atoms with Crippen LogP contribution in [0.3, 0.4) is 0 Å². The lowest BCUT2D eigenvalue weighted by molar-refractivity contribution is 0.168. The van der Waals surface area contributed by atoms with Crippen LogP contribution in [0.15, 0.2) is 18.2 Å². The van der Waals surface area contributed by atoms with Gasteiger partial charge in [-0.3, -0.25) is 5.32 Å². The fourth-order valence-electron chi connectivity index (χ4n) is 1.02. The van der Waals surface area contributed by atoms with Crippen molar-refractivity contribution in [1.29, 1.82) is 0 Å². The minimum atomic E-state index is -0.610. The second kappa shape index (κ2) is 5.09. The smallest absolute Gasteiger partial charge is 0.411 e. The van der Waals surface area contributed by atoms with Crippen LogP contribution >= 0.6 is 0 Å². The average Bonchev–Trinajstić information content (AvgIpc) is 2.21. The number of nitrogens with one attached hydrogen (secondary N) is 1. The van der Waals surface area contributed by atoms with Gasteiger partial charge in [-0.1, -0.05) is 0 Å². The van der Waals surface area contributed by atoms with Gasteiger partial charge in [0.1, 0.15) is 11.5 Å². The maximum atomic E-state index is 11.1. The molecule has 0 aromatic heterocycles. The predicted octanol–water partition coefficient (Wildman–Crippen LogP) is 1.97. The molecule has 0 aliphatic rings. The Morgan fingerprint density at radius 2 is 2.27 bits per heavy atom. The Kier molecular flexibility index (Phi) is 3.79. The minimum absolute atomic E-state index is 0.0381. The van der Waals surface area contributed by atoms with Gasteiger partial charge in [0, 0.05) is 6.07 Å². The van der Waals surface area contributed by atoms with E-state index in [1.54, 1.807) is 13.0 Å². The van der Waals surface area contributed by atoms with E-state index in [-0.39, 0.29) is 18.0 Å². The van der Waals surface area contributed by atoms with E-state index < -0.39 is 6.09 Å². The summed E-state index contributed by atoms with van der Waals surface area (Å²) in [6.07, 6.45) is -0.610. The molecule has 0 bridgehead atoms. The first-order chi connectivity index (χ1) is 7.17. The molecule has 0 saturated carbocycles. The number of amides is 1. The summed E-state index contributed by atoms with van der Waals surface area (Å²) >= 11 is 0. The lowest BCUT2D eigenvalue weighted by atomic mass is 10.3. The van der Waals surface area contributed by atoms with E-state index in [1.165, 1.54) is 19.2 Å². The summed E-state index contributed by atoms with van der Waals surface area (Å²) in [5, 5.41) is 11.8. The number of carbonyl (C=O) groups excluding carboxylic acids is 1. The fraction of sp³-hybridized carbons (Fsp3) is 0.300. The van der Waals surface area contributed by atoms with E-state index in [9.17, 15) is 9.90 Å². The molecular formula is C10H13NO4. The summed E-state index contributed by atoms with van der Waals surface area (Å²) in [5.41, 5.74) is 0.257. The molecule has 0 heterocycles. The van der Waals surface area contributed by atoms with Crippen molar-refractivity contribution in [2.75, 3.05) is 19.0 Å². The van der Waals surface area contributed by atoms with Gasteiger partial charge in [-0.05, 0) is 19.1 Å². The summed E-state index contributed by atoms with van der Waals surface area (Å²) in [5.74, 6) is 0.503. The summed E-state index contributed by atoms with van der Waals surface area (Å²) in [6.45, 7) is 1.97. The minimum Gasteiger partial charge on any atom is -0.506 e. The number of ether oxygens (including phenoxy) is 2. The average molecular weight is 211 g/mol. The van der Waals surface area contributed by atoms with E-state index in [0.717, 1.165) is 0 Å². The van der Waals surface area contributed by atoms with Gasteiger partial charge in [-0.15, -0.1) is 0 Å². The second-order valence-corrected chi connectivity index (χ2v) is 2.73.